The van der Waals surface area contributed by atoms with Crippen LogP contribution >= 0.6 is 35.6 Å². The third-order valence-corrected chi connectivity index (χ3v) is 3.67. The van der Waals surface area contributed by atoms with Gasteiger partial charge < -0.3 is 10.6 Å². The molecule has 0 bridgehead atoms. The normalized spacial score (nSPS) is 11.0. The lowest BCUT2D eigenvalue weighted by Crippen LogP contribution is -2.39. The molecule has 0 aliphatic carbocycles. The van der Waals surface area contributed by atoms with Crippen molar-refractivity contribution >= 4 is 41.5 Å². The molecule has 0 fully saturated rings. The summed E-state index contributed by atoms with van der Waals surface area (Å²) in [7, 11) is 1.78. The molecule has 2 N–H and O–H groups in total. The second-order valence-corrected chi connectivity index (χ2v) is 5.88. The van der Waals surface area contributed by atoms with Gasteiger partial charge in [0.05, 0.1) is 6.20 Å². The fraction of sp³-hybridized carbons (Fsp3) is 0.412. The largest absolute Gasteiger partial charge is 0.356 e. The van der Waals surface area contributed by atoms with Gasteiger partial charge in [0.1, 0.15) is 0 Å². The SMILES string of the molecule is CN=C(NCCCn1cc(C)cn1)NCCc1cccc(Cl)c1.I. The van der Waals surface area contributed by atoms with Gasteiger partial charge in [-0.3, -0.25) is 9.67 Å². The predicted molar refractivity (Wildman–Crippen MR) is 112 cm³/mol. The Labute approximate surface area is 165 Å². The second kappa shape index (κ2) is 11.3. The average Bonchev–Trinajstić information content (AvgIpc) is 2.95. The van der Waals surface area contributed by atoms with E-state index in [-0.39, 0.29) is 24.0 Å². The maximum Gasteiger partial charge on any atom is 0.190 e. The van der Waals surface area contributed by atoms with Gasteiger partial charge >= 0.3 is 0 Å². The summed E-state index contributed by atoms with van der Waals surface area (Å²) in [5.74, 6) is 0.823. The maximum atomic E-state index is 5.99. The van der Waals surface area contributed by atoms with E-state index in [9.17, 15) is 0 Å². The summed E-state index contributed by atoms with van der Waals surface area (Å²) in [4.78, 5) is 4.23. The molecule has 0 spiro atoms. The number of benzene rings is 1. The number of hydrogen-bond donors (Lipinski definition) is 2. The Balaban J connectivity index is 0.00000288. The number of halogens is 2. The molecule has 0 unspecified atom stereocenters. The summed E-state index contributed by atoms with van der Waals surface area (Å²) in [6.45, 7) is 4.63. The van der Waals surface area contributed by atoms with Crippen LogP contribution in [-0.4, -0.2) is 35.9 Å². The number of aromatic nitrogens is 2. The molecule has 0 saturated heterocycles. The molecule has 5 nitrogen and oxygen atoms in total. The third kappa shape index (κ3) is 7.53. The van der Waals surface area contributed by atoms with Crippen molar-refractivity contribution in [1.29, 1.82) is 0 Å². The van der Waals surface area contributed by atoms with E-state index in [1.54, 1.807) is 7.05 Å². The lowest BCUT2D eigenvalue weighted by atomic mass is 10.1. The fourth-order valence-electron chi connectivity index (χ4n) is 2.28. The van der Waals surface area contributed by atoms with Crippen LogP contribution in [0.3, 0.4) is 0 Å². The van der Waals surface area contributed by atoms with Crippen LogP contribution in [0.5, 0.6) is 0 Å². The molecule has 0 aliphatic rings. The van der Waals surface area contributed by atoms with Gasteiger partial charge in [-0.2, -0.15) is 5.10 Å². The number of aliphatic imine (C=N–C) groups is 1. The van der Waals surface area contributed by atoms with Crippen LogP contribution in [-0.2, 0) is 13.0 Å². The van der Waals surface area contributed by atoms with Gasteiger partial charge in [0.15, 0.2) is 5.96 Å². The van der Waals surface area contributed by atoms with E-state index >= 15 is 0 Å². The Kier molecular flexibility index (Phi) is 9.78. The van der Waals surface area contributed by atoms with Crippen molar-refractivity contribution in [2.45, 2.75) is 26.3 Å². The third-order valence-electron chi connectivity index (χ3n) is 3.44. The molecule has 0 amide bonds. The molecule has 24 heavy (non-hydrogen) atoms. The summed E-state index contributed by atoms with van der Waals surface area (Å²) < 4.78 is 1.96. The van der Waals surface area contributed by atoms with E-state index < -0.39 is 0 Å². The first-order chi connectivity index (χ1) is 11.2. The van der Waals surface area contributed by atoms with Crippen LogP contribution in [0.4, 0.5) is 0 Å². The fourth-order valence-corrected chi connectivity index (χ4v) is 2.49. The molecule has 7 heteroatoms. The van der Waals surface area contributed by atoms with Crippen molar-refractivity contribution in [3.8, 4) is 0 Å². The van der Waals surface area contributed by atoms with E-state index in [0.29, 0.717) is 0 Å². The van der Waals surface area contributed by atoms with Crippen molar-refractivity contribution in [3.63, 3.8) is 0 Å². The van der Waals surface area contributed by atoms with E-state index in [2.05, 4.69) is 33.0 Å². The molecule has 1 heterocycles. The highest BCUT2D eigenvalue weighted by atomic mass is 127. The van der Waals surface area contributed by atoms with Crippen LogP contribution in [0, 0.1) is 6.92 Å². The highest BCUT2D eigenvalue weighted by Crippen LogP contribution is 2.10. The Morgan fingerprint density at radius 2 is 2.08 bits per heavy atom. The van der Waals surface area contributed by atoms with Crippen LogP contribution in [0.1, 0.15) is 17.5 Å². The Hall–Kier alpha value is -1.28. The van der Waals surface area contributed by atoms with Crippen LogP contribution in [0.2, 0.25) is 5.02 Å². The number of aryl methyl sites for hydroxylation is 2. The minimum atomic E-state index is 0. The van der Waals surface area contributed by atoms with Crippen molar-refractivity contribution in [1.82, 2.24) is 20.4 Å². The van der Waals surface area contributed by atoms with Crippen molar-refractivity contribution < 1.29 is 0 Å². The summed E-state index contributed by atoms with van der Waals surface area (Å²) in [5, 5.41) is 11.7. The van der Waals surface area contributed by atoms with Crippen LogP contribution in [0.25, 0.3) is 0 Å². The summed E-state index contributed by atoms with van der Waals surface area (Å²) in [6, 6.07) is 7.93. The average molecular weight is 462 g/mol. The van der Waals surface area contributed by atoms with E-state index in [1.165, 1.54) is 11.1 Å². The van der Waals surface area contributed by atoms with Crippen LogP contribution < -0.4 is 10.6 Å². The summed E-state index contributed by atoms with van der Waals surface area (Å²) in [6.07, 6.45) is 5.84. The topological polar surface area (TPSA) is 54.2 Å². The molecule has 0 atom stereocenters. The molecule has 2 rings (SSSR count). The molecule has 1 aromatic heterocycles. The Morgan fingerprint density at radius 3 is 2.75 bits per heavy atom. The van der Waals surface area contributed by atoms with Gasteiger partial charge in [-0.1, -0.05) is 23.7 Å². The van der Waals surface area contributed by atoms with E-state index in [1.807, 2.05) is 36.0 Å². The number of guanidine groups is 1. The van der Waals surface area contributed by atoms with Crippen molar-refractivity contribution in [2.75, 3.05) is 20.1 Å². The van der Waals surface area contributed by atoms with Gasteiger partial charge in [-0.25, -0.2) is 0 Å². The summed E-state index contributed by atoms with van der Waals surface area (Å²) >= 11 is 5.99. The summed E-state index contributed by atoms with van der Waals surface area (Å²) in [5.41, 5.74) is 2.41. The van der Waals surface area contributed by atoms with E-state index in [0.717, 1.165) is 43.5 Å². The van der Waals surface area contributed by atoms with Crippen LogP contribution in [0.15, 0.2) is 41.7 Å². The molecule has 0 radical (unpaired) electrons. The zero-order valence-corrected chi connectivity index (χ0v) is 17.2. The molecule has 2 aromatic rings. The van der Waals surface area contributed by atoms with Gasteiger partial charge in [-0.05, 0) is 43.0 Å². The number of nitrogens with zero attached hydrogens (tertiary/aromatic N) is 3. The molecule has 132 valence electrons. The van der Waals surface area contributed by atoms with Gasteiger partial charge in [-0.15, -0.1) is 24.0 Å². The number of nitrogens with one attached hydrogen (secondary N) is 2. The lowest BCUT2D eigenvalue weighted by Gasteiger charge is -2.12. The Morgan fingerprint density at radius 1 is 1.29 bits per heavy atom. The monoisotopic (exact) mass is 461 g/mol. The lowest BCUT2D eigenvalue weighted by molar-refractivity contribution is 0.570. The maximum absolute atomic E-state index is 5.99. The molecular weight excluding hydrogens is 437 g/mol. The second-order valence-electron chi connectivity index (χ2n) is 5.44. The zero-order chi connectivity index (χ0) is 16.5. The standard InChI is InChI=1S/C17H24ClN5.HI/c1-14-12-22-23(13-14)10-4-8-20-17(19-2)21-9-7-15-5-3-6-16(18)11-15;/h3,5-6,11-13H,4,7-10H2,1-2H3,(H2,19,20,21);1H. The van der Waals surface area contributed by atoms with E-state index in [4.69, 9.17) is 11.6 Å². The number of rotatable bonds is 7. The first-order valence-electron chi connectivity index (χ1n) is 7.85. The molecule has 0 saturated carbocycles. The van der Waals surface area contributed by atoms with Gasteiger partial charge in [0.2, 0.25) is 0 Å². The minimum Gasteiger partial charge on any atom is -0.356 e. The zero-order valence-electron chi connectivity index (χ0n) is 14.1. The first kappa shape index (κ1) is 20.8. The number of hydrogen-bond acceptors (Lipinski definition) is 2. The van der Waals surface area contributed by atoms with Gasteiger partial charge in [0, 0.05) is 37.9 Å². The minimum absolute atomic E-state index is 0. The van der Waals surface area contributed by atoms with Crippen molar-refractivity contribution in [3.05, 3.63) is 52.8 Å². The van der Waals surface area contributed by atoms with Crippen molar-refractivity contribution in [2.24, 2.45) is 4.99 Å². The molecular formula is C17H25ClIN5. The highest BCUT2D eigenvalue weighted by Gasteiger charge is 1.99. The first-order valence-corrected chi connectivity index (χ1v) is 8.23. The smallest absolute Gasteiger partial charge is 0.190 e. The highest BCUT2D eigenvalue weighted by molar-refractivity contribution is 14.0. The molecule has 1 aromatic carbocycles. The quantitative estimate of drug-likeness (QED) is 0.288. The predicted octanol–water partition coefficient (Wildman–Crippen LogP) is 3.26. The van der Waals surface area contributed by atoms with Gasteiger partial charge in [0.25, 0.3) is 0 Å². The Bertz CT molecular complexity index is 641. The molecule has 0 aliphatic heterocycles.